The van der Waals surface area contributed by atoms with E-state index in [-0.39, 0.29) is 23.8 Å². The Kier molecular flexibility index (Phi) is 8.26. The summed E-state index contributed by atoms with van der Waals surface area (Å²) in [6.07, 6.45) is 1.64. The van der Waals surface area contributed by atoms with Gasteiger partial charge in [-0.15, -0.1) is 16.8 Å². The van der Waals surface area contributed by atoms with Gasteiger partial charge in [-0.1, -0.05) is 53.2 Å². The molecule has 3 aromatic rings. The summed E-state index contributed by atoms with van der Waals surface area (Å²) in [5.41, 5.74) is 0.389. The van der Waals surface area contributed by atoms with Crippen LogP contribution in [0.25, 0.3) is 0 Å². The van der Waals surface area contributed by atoms with Crippen molar-refractivity contribution in [2.24, 2.45) is 0 Å². The van der Waals surface area contributed by atoms with E-state index < -0.39 is 11.7 Å². The van der Waals surface area contributed by atoms with Gasteiger partial charge in [0.1, 0.15) is 5.82 Å². The van der Waals surface area contributed by atoms with Crippen LogP contribution in [0.5, 0.6) is 0 Å². The molecule has 0 fully saturated rings. The maximum Gasteiger partial charge on any atom is 0.254 e. The summed E-state index contributed by atoms with van der Waals surface area (Å²) in [4.78, 5) is 24.6. The fourth-order valence-electron chi connectivity index (χ4n) is 2.68. The zero-order valence-electron chi connectivity index (χ0n) is 16.6. The van der Waals surface area contributed by atoms with Gasteiger partial charge in [0.25, 0.3) is 5.91 Å². The van der Waals surface area contributed by atoms with Crippen molar-refractivity contribution in [1.29, 1.82) is 0 Å². The molecule has 2 aromatic carbocycles. The second-order valence-corrected chi connectivity index (χ2v) is 8.21. The fourth-order valence-corrected chi connectivity index (χ4v) is 3.90. The molecule has 0 radical (unpaired) electrons. The van der Waals surface area contributed by atoms with Crippen molar-refractivity contribution < 1.29 is 14.0 Å². The molecule has 0 aliphatic carbocycles. The highest BCUT2D eigenvalue weighted by molar-refractivity contribution is 7.99. The predicted molar refractivity (Wildman–Crippen MR) is 124 cm³/mol. The van der Waals surface area contributed by atoms with Crippen molar-refractivity contribution in [3.05, 3.63) is 82.4 Å². The number of carbonyl (C=O) groups is 2. The van der Waals surface area contributed by atoms with Crippen molar-refractivity contribution in [2.45, 2.75) is 18.2 Å². The van der Waals surface area contributed by atoms with Gasteiger partial charge in [-0.3, -0.25) is 9.59 Å². The normalized spacial score (nSPS) is 10.6. The van der Waals surface area contributed by atoms with Crippen LogP contribution >= 0.6 is 35.0 Å². The maximum atomic E-state index is 13.8. The number of anilines is 1. The highest BCUT2D eigenvalue weighted by Crippen LogP contribution is 2.26. The van der Waals surface area contributed by atoms with Crippen molar-refractivity contribution in [3.63, 3.8) is 0 Å². The van der Waals surface area contributed by atoms with E-state index in [1.54, 1.807) is 28.8 Å². The summed E-state index contributed by atoms with van der Waals surface area (Å²) in [6, 6.07) is 10.5. The third-order valence-corrected chi connectivity index (χ3v) is 5.68. The number of hydrogen-bond acceptors (Lipinski definition) is 5. The number of thioether (sulfide) groups is 1. The smallest absolute Gasteiger partial charge is 0.254 e. The molecule has 0 atom stereocenters. The van der Waals surface area contributed by atoms with Gasteiger partial charge in [0.15, 0.2) is 11.0 Å². The van der Waals surface area contributed by atoms with Crippen molar-refractivity contribution in [3.8, 4) is 0 Å². The third-order valence-electron chi connectivity index (χ3n) is 4.17. The minimum atomic E-state index is -0.611. The Hall–Kier alpha value is -2.88. The monoisotopic (exact) mass is 493 g/mol. The van der Waals surface area contributed by atoms with Gasteiger partial charge in [-0.05, 0) is 30.3 Å². The molecule has 0 aliphatic heterocycles. The van der Waals surface area contributed by atoms with Crippen molar-refractivity contribution in [1.82, 2.24) is 20.1 Å². The standard InChI is InChI=1S/C21H18Cl2FN5O2S/c1-2-9-29-18(11-25-20(31)14-5-3-4-6-16(14)24)27-28-21(29)32-12-19(30)26-17-8-7-13(22)10-15(17)23/h2-8,10H,1,9,11-12H2,(H,25,31)(H,26,30). The summed E-state index contributed by atoms with van der Waals surface area (Å²) in [7, 11) is 0. The lowest BCUT2D eigenvalue weighted by Gasteiger charge is -2.10. The first-order valence-corrected chi connectivity index (χ1v) is 11.1. The Morgan fingerprint density at radius 1 is 1.19 bits per heavy atom. The van der Waals surface area contributed by atoms with Gasteiger partial charge in [-0.2, -0.15) is 0 Å². The van der Waals surface area contributed by atoms with Crippen molar-refractivity contribution >= 4 is 52.5 Å². The minimum absolute atomic E-state index is 0.0289. The summed E-state index contributed by atoms with van der Waals surface area (Å²) >= 11 is 13.1. The first-order valence-electron chi connectivity index (χ1n) is 9.32. The van der Waals surface area contributed by atoms with Gasteiger partial charge in [0.05, 0.1) is 28.6 Å². The van der Waals surface area contributed by atoms with Gasteiger partial charge in [-0.25, -0.2) is 4.39 Å². The molecular weight excluding hydrogens is 476 g/mol. The van der Waals surface area contributed by atoms with Gasteiger partial charge >= 0.3 is 0 Å². The quantitative estimate of drug-likeness (QED) is 0.336. The number of benzene rings is 2. The Balaban J connectivity index is 1.62. The largest absolute Gasteiger partial charge is 0.345 e. The SMILES string of the molecule is C=CCn1c(CNC(=O)c2ccccc2F)nnc1SCC(=O)Nc1ccc(Cl)cc1Cl. The predicted octanol–water partition coefficient (Wildman–Crippen LogP) is 4.57. The van der Waals surface area contributed by atoms with E-state index in [4.69, 9.17) is 23.2 Å². The summed E-state index contributed by atoms with van der Waals surface area (Å²) in [5.74, 6) is -0.971. The van der Waals surface area contributed by atoms with Crippen LogP contribution in [0.4, 0.5) is 10.1 Å². The fraction of sp³-hybridized carbons (Fsp3) is 0.143. The summed E-state index contributed by atoms with van der Waals surface area (Å²) < 4.78 is 15.5. The molecule has 7 nitrogen and oxygen atoms in total. The van der Waals surface area contributed by atoms with E-state index in [0.717, 1.165) is 11.8 Å². The molecular formula is C21H18Cl2FN5O2S. The topological polar surface area (TPSA) is 88.9 Å². The first-order chi connectivity index (χ1) is 15.4. The second-order valence-electron chi connectivity index (χ2n) is 6.42. The van der Waals surface area contributed by atoms with Gasteiger partial charge < -0.3 is 15.2 Å². The van der Waals surface area contributed by atoms with E-state index in [2.05, 4.69) is 27.4 Å². The van der Waals surface area contributed by atoms with Crippen LogP contribution in [0.3, 0.4) is 0 Å². The molecule has 0 aliphatic rings. The van der Waals surface area contributed by atoms with Crippen LogP contribution in [-0.4, -0.2) is 32.3 Å². The molecule has 32 heavy (non-hydrogen) atoms. The molecule has 2 N–H and O–H groups in total. The van der Waals surface area contributed by atoms with E-state index in [9.17, 15) is 14.0 Å². The van der Waals surface area contributed by atoms with Crippen molar-refractivity contribution in [2.75, 3.05) is 11.1 Å². The molecule has 0 spiro atoms. The Morgan fingerprint density at radius 2 is 1.97 bits per heavy atom. The molecule has 2 amide bonds. The number of aromatic nitrogens is 3. The average molecular weight is 494 g/mol. The molecule has 166 valence electrons. The zero-order valence-corrected chi connectivity index (χ0v) is 19.0. The average Bonchev–Trinajstić information content (AvgIpc) is 3.15. The molecule has 0 saturated carbocycles. The maximum absolute atomic E-state index is 13.8. The van der Waals surface area contributed by atoms with Crippen LogP contribution in [-0.2, 0) is 17.9 Å². The molecule has 0 unspecified atom stereocenters. The lowest BCUT2D eigenvalue weighted by Crippen LogP contribution is -2.25. The van der Waals surface area contributed by atoms with Gasteiger partial charge in [0, 0.05) is 11.6 Å². The number of nitrogens with one attached hydrogen (secondary N) is 2. The van der Waals surface area contributed by atoms with E-state index in [0.29, 0.717) is 33.3 Å². The number of amides is 2. The molecule has 1 aromatic heterocycles. The number of rotatable bonds is 9. The summed E-state index contributed by atoms with van der Waals surface area (Å²) in [5, 5.41) is 14.8. The number of allylic oxidation sites excluding steroid dienone is 1. The number of carbonyl (C=O) groups excluding carboxylic acids is 2. The molecule has 11 heteroatoms. The van der Waals surface area contributed by atoms with E-state index in [1.165, 1.54) is 24.3 Å². The number of hydrogen-bond donors (Lipinski definition) is 2. The van der Waals surface area contributed by atoms with Crippen LogP contribution in [0, 0.1) is 5.82 Å². The third kappa shape index (κ3) is 6.09. The molecule has 0 saturated heterocycles. The molecule has 0 bridgehead atoms. The van der Waals surface area contributed by atoms with Crippen LogP contribution < -0.4 is 10.6 Å². The zero-order chi connectivity index (χ0) is 23.1. The highest BCUT2D eigenvalue weighted by Gasteiger charge is 2.16. The first kappa shape index (κ1) is 23.8. The number of nitrogens with zero attached hydrogens (tertiary/aromatic N) is 3. The number of halogens is 3. The van der Waals surface area contributed by atoms with Gasteiger partial charge in [0.2, 0.25) is 5.91 Å². The van der Waals surface area contributed by atoms with Crippen LogP contribution in [0.2, 0.25) is 10.0 Å². The minimum Gasteiger partial charge on any atom is -0.345 e. The second kappa shape index (κ2) is 11.1. The lowest BCUT2D eigenvalue weighted by molar-refractivity contribution is -0.113. The Bertz CT molecular complexity index is 1150. The Morgan fingerprint density at radius 3 is 2.69 bits per heavy atom. The van der Waals surface area contributed by atoms with Crippen LogP contribution in [0.1, 0.15) is 16.2 Å². The van der Waals surface area contributed by atoms with Crippen LogP contribution in [0.15, 0.2) is 60.3 Å². The highest BCUT2D eigenvalue weighted by atomic mass is 35.5. The van der Waals surface area contributed by atoms with E-state index >= 15 is 0 Å². The lowest BCUT2D eigenvalue weighted by atomic mass is 10.2. The van der Waals surface area contributed by atoms with E-state index in [1.807, 2.05) is 0 Å². The molecule has 3 rings (SSSR count). The summed E-state index contributed by atoms with van der Waals surface area (Å²) in [6.45, 7) is 4.11. The Labute approximate surface area is 198 Å². The molecule has 1 heterocycles.